The van der Waals surface area contributed by atoms with Crippen LogP contribution in [0.1, 0.15) is 11.9 Å². The number of nitro benzene ring substituents is 1. The van der Waals surface area contributed by atoms with Crippen molar-refractivity contribution >= 4 is 5.69 Å². The lowest BCUT2D eigenvalue weighted by Gasteiger charge is -2.03. The van der Waals surface area contributed by atoms with Crippen molar-refractivity contribution in [3.05, 3.63) is 40.2 Å². The molecule has 1 atom stereocenters. The highest BCUT2D eigenvalue weighted by Gasteiger charge is 2.21. The van der Waals surface area contributed by atoms with E-state index < -0.39 is 11.0 Å². The first kappa shape index (κ1) is 13.1. The molecular formula is C11H12N4O4. The summed E-state index contributed by atoms with van der Waals surface area (Å²) in [6, 6.07) is 5.59. The fourth-order valence-electron chi connectivity index (χ4n) is 1.56. The summed E-state index contributed by atoms with van der Waals surface area (Å²) in [5.74, 6) is 0.309. The Kier molecular flexibility index (Phi) is 3.83. The predicted molar refractivity (Wildman–Crippen MR) is 65.2 cm³/mol. The van der Waals surface area contributed by atoms with Gasteiger partial charge in [0, 0.05) is 13.2 Å². The van der Waals surface area contributed by atoms with Crippen molar-refractivity contribution in [2.75, 3.05) is 13.7 Å². The minimum Gasteiger partial charge on any atom is -0.383 e. The molecule has 1 heterocycles. The van der Waals surface area contributed by atoms with Gasteiger partial charge in [0.1, 0.15) is 5.56 Å². The Balaban J connectivity index is 2.35. The molecule has 1 aromatic carbocycles. The van der Waals surface area contributed by atoms with E-state index in [0.29, 0.717) is 0 Å². The molecule has 0 saturated heterocycles. The molecule has 0 aliphatic rings. The number of nitrogens with two attached hydrogens (primary N) is 1. The van der Waals surface area contributed by atoms with E-state index >= 15 is 0 Å². The van der Waals surface area contributed by atoms with Crippen LogP contribution in [-0.4, -0.2) is 28.8 Å². The summed E-state index contributed by atoms with van der Waals surface area (Å²) < 4.78 is 9.89. The van der Waals surface area contributed by atoms with Crippen LogP contribution in [0.4, 0.5) is 5.69 Å². The number of hydrogen-bond donors (Lipinski definition) is 1. The first-order chi connectivity index (χ1) is 9.13. The van der Waals surface area contributed by atoms with Crippen molar-refractivity contribution in [1.82, 2.24) is 10.1 Å². The Morgan fingerprint density at radius 2 is 2.26 bits per heavy atom. The molecule has 8 heteroatoms. The minimum atomic E-state index is -0.537. The van der Waals surface area contributed by atoms with Gasteiger partial charge in [0.2, 0.25) is 0 Å². The lowest BCUT2D eigenvalue weighted by Crippen LogP contribution is -2.17. The van der Waals surface area contributed by atoms with Gasteiger partial charge in [-0.1, -0.05) is 17.3 Å². The Morgan fingerprint density at radius 3 is 2.95 bits per heavy atom. The van der Waals surface area contributed by atoms with E-state index in [1.165, 1.54) is 19.2 Å². The van der Waals surface area contributed by atoms with Crippen LogP contribution < -0.4 is 5.73 Å². The number of nitro groups is 1. The summed E-state index contributed by atoms with van der Waals surface area (Å²) in [6.45, 7) is 0.232. The molecule has 0 aliphatic carbocycles. The number of aromatic nitrogens is 2. The molecule has 1 aromatic heterocycles. The molecule has 2 rings (SSSR count). The van der Waals surface area contributed by atoms with Gasteiger partial charge in [-0.25, -0.2) is 0 Å². The van der Waals surface area contributed by atoms with Gasteiger partial charge in [0.25, 0.3) is 11.6 Å². The van der Waals surface area contributed by atoms with E-state index in [1.807, 2.05) is 0 Å². The van der Waals surface area contributed by atoms with Gasteiger partial charge < -0.3 is 15.0 Å². The standard InChI is InChI=1S/C11H12N4O4/c1-18-6-8(12)10-13-11(19-14-10)7-4-2-3-5-9(7)15(16)17/h2-5,8H,6,12H2,1H3. The first-order valence-corrected chi connectivity index (χ1v) is 5.45. The van der Waals surface area contributed by atoms with Crippen LogP contribution in [0.3, 0.4) is 0 Å². The van der Waals surface area contributed by atoms with E-state index in [9.17, 15) is 10.1 Å². The molecule has 0 fully saturated rings. The second-order valence-corrected chi connectivity index (χ2v) is 3.79. The largest absolute Gasteiger partial charge is 0.383 e. The van der Waals surface area contributed by atoms with E-state index in [-0.39, 0.29) is 29.6 Å². The second-order valence-electron chi connectivity index (χ2n) is 3.79. The molecule has 0 aliphatic heterocycles. The molecule has 0 spiro atoms. The predicted octanol–water partition coefficient (Wildman–Crippen LogP) is 1.29. The minimum absolute atomic E-state index is 0.0638. The zero-order valence-corrected chi connectivity index (χ0v) is 10.1. The summed E-state index contributed by atoms with van der Waals surface area (Å²) in [7, 11) is 1.50. The van der Waals surface area contributed by atoms with Crippen molar-refractivity contribution in [2.24, 2.45) is 5.73 Å². The Hall–Kier alpha value is -2.32. The van der Waals surface area contributed by atoms with Crippen LogP contribution in [0.5, 0.6) is 0 Å². The maximum Gasteiger partial charge on any atom is 0.282 e. The van der Waals surface area contributed by atoms with Crippen LogP contribution in [0.15, 0.2) is 28.8 Å². The second kappa shape index (κ2) is 5.55. The summed E-state index contributed by atoms with van der Waals surface area (Å²) >= 11 is 0. The average molecular weight is 264 g/mol. The maximum atomic E-state index is 10.9. The molecular weight excluding hydrogens is 252 g/mol. The fraction of sp³-hybridized carbons (Fsp3) is 0.273. The summed E-state index contributed by atoms with van der Waals surface area (Å²) in [6.07, 6.45) is 0. The number of rotatable bonds is 5. The molecule has 0 bridgehead atoms. The smallest absolute Gasteiger partial charge is 0.282 e. The molecule has 2 N–H and O–H groups in total. The highest BCUT2D eigenvalue weighted by molar-refractivity contribution is 5.66. The third-order valence-corrected chi connectivity index (χ3v) is 2.45. The number of hydrogen-bond acceptors (Lipinski definition) is 7. The van der Waals surface area contributed by atoms with Gasteiger partial charge in [-0.2, -0.15) is 4.98 Å². The quantitative estimate of drug-likeness (QED) is 0.638. The van der Waals surface area contributed by atoms with E-state index in [1.54, 1.807) is 12.1 Å². The van der Waals surface area contributed by atoms with Crippen LogP contribution in [0, 0.1) is 10.1 Å². The van der Waals surface area contributed by atoms with Crippen LogP contribution in [-0.2, 0) is 4.74 Å². The van der Waals surface area contributed by atoms with E-state index in [0.717, 1.165) is 0 Å². The summed E-state index contributed by atoms with van der Waals surface area (Å²) in [5, 5.41) is 14.6. The Morgan fingerprint density at radius 1 is 1.53 bits per heavy atom. The SMILES string of the molecule is COCC(N)c1noc(-c2ccccc2[N+](=O)[O-])n1. The highest BCUT2D eigenvalue weighted by Crippen LogP contribution is 2.28. The zero-order chi connectivity index (χ0) is 13.8. The fourth-order valence-corrected chi connectivity index (χ4v) is 1.56. The van der Waals surface area contributed by atoms with Gasteiger partial charge in [0.05, 0.1) is 17.6 Å². The third-order valence-electron chi connectivity index (χ3n) is 2.45. The molecule has 0 amide bonds. The Bertz CT molecular complexity index is 584. The maximum absolute atomic E-state index is 10.9. The molecule has 100 valence electrons. The van der Waals surface area contributed by atoms with Crippen molar-refractivity contribution in [3.8, 4) is 11.5 Å². The van der Waals surface area contributed by atoms with Gasteiger partial charge in [-0.3, -0.25) is 10.1 Å². The van der Waals surface area contributed by atoms with Crippen LogP contribution in [0.25, 0.3) is 11.5 Å². The van der Waals surface area contributed by atoms with Crippen LogP contribution >= 0.6 is 0 Å². The third kappa shape index (κ3) is 2.75. The van der Waals surface area contributed by atoms with Crippen molar-refractivity contribution in [3.63, 3.8) is 0 Å². The Labute approximate surface area is 108 Å². The zero-order valence-electron chi connectivity index (χ0n) is 10.1. The number of nitrogens with zero attached hydrogens (tertiary/aromatic N) is 3. The molecule has 0 radical (unpaired) electrons. The molecule has 19 heavy (non-hydrogen) atoms. The van der Waals surface area contributed by atoms with Crippen molar-refractivity contribution in [2.45, 2.75) is 6.04 Å². The van der Waals surface area contributed by atoms with Gasteiger partial charge in [-0.15, -0.1) is 0 Å². The molecule has 0 saturated carbocycles. The van der Waals surface area contributed by atoms with Crippen molar-refractivity contribution in [1.29, 1.82) is 0 Å². The highest BCUT2D eigenvalue weighted by atomic mass is 16.6. The molecule has 8 nitrogen and oxygen atoms in total. The topological polar surface area (TPSA) is 117 Å². The number of methoxy groups -OCH3 is 1. The lowest BCUT2D eigenvalue weighted by atomic mass is 10.2. The normalized spacial score (nSPS) is 12.3. The number of ether oxygens (including phenoxy) is 1. The van der Waals surface area contributed by atoms with E-state index in [4.69, 9.17) is 15.0 Å². The van der Waals surface area contributed by atoms with Gasteiger partial charge in [-0.05, 0) is 6.07 Å². The van der Waals surface area contributed by atoms with Gasteiger partial charge in [0.15, 0.2) is 5.82 Å². The first-order valence-electron chi connectivity index (χ1n) is 5.45. The van der Waals surface area contributed by atoms with Crippen LogP contribution in [0.2, 0.25) is 0 Å². The number of para-hydroxylation sites is 1. The molecule has 2 aromatic rings. The van der Waals surface area contributed by atoms with Gasteiger partial charge >= 0.3 is 0 Å². The average Bonchev–Trinajstić information content (AvgIpc) is 2.88. The monoisotopic (exact) mass is 264 g/mol. The number of benzene rings is 1. The summed E-state index contributed by atoms with van der Waals surface area (Å²) in [4.78, 5) is 14.5. The van der Waals surface area contributed by atoms with E-state index in [2.05, 4.69) is 10.1 Å². The molecule has 1 unspecified atom stereocenters. The summed E-state index contributed by atoms with van der Waals surface area (Å²) in [5.41, 5.74) is 5.91. The van der Waals surface area contributed by atoms with Crippen molar-refractivity contribution < 1.29 is 14.2 Å². The lowest BCUT2D eigenvalue weighted by molar-refractivity contribution is -0.384.